The maximum Gasteiger partial charge on any atom is 0.224 e. The van der Waals surface area contributed by atoms with E-state index in [2.05, 4.69) is 23.2 Å². The number of hydrogen-bond donors (Lipinski definition) is 2. The van der Waals surface area contributed by atoms with Gasteiger partial charge in [0.2, 0.25) is 5.91 Å². The molecule has 1 aliphatic heterocycles. The summed E-state index contributed by atoms with van der Waals surface area (Å²) in [6.45, 7) is 3.74. The molecule has 0 bridgehead atoms. The molecule has 4 rings (SSSR count). The SMILES string of the molecule is CC(=O)N1c2ccc(-c3ccn[nH]3)cc2CC[C@@H]1C.N#Cc1ccc(N)cc1. The standard InChI is InChI=1S/C15H17N3O.C7H6N2/c1-10-3-4-13-9-12(14-7-8-16-17-14)5-6-15(13)18(10)11(2)19;8-5-6-1-3-7(9)4-2-6/h5-10H,3-4H2,1-2H3,(H,16,17);1-4H,9H2/t10-;/m0./s1. The molecule has 1 amide bonds. The molecule has 0 fully saturated rings. The van der Waals surface area contributed by atoms with Gasteiger partial charge in [-0.2, -0.15) is 10.4 Å². The minimum absolute atomic E-state index is 0.114. The molecule has 1 aliphatic rings. The van der Waals surface area contributed by atoms with Crippen molar-refractivity contribution in [2.24, 2.45) is 0 Å². The van der Waals surface area contributed by atoms with Crippen LogP contribution in [-0.4, -0.2) is 22.1 Å². The largest absolute Gasteiger partial charge is 0.399 e. The highest BCUT2D eigenvalue weighted by Crippen LogP contribution is 2.33. The van der Waals surface area contributed by atoms with E-state index in [1.54, 1.807) is 37.4 Å². The fourth-order valence-electron chi connectivity index (χ4n) is 3.37. The van der Waals surface area contributed by atoms with Crippen molar-refractivity contribution in [2.75, 3.05) is 10.6 Å². The third-order valence-corrected chi connectivity index (χ3v) is 4.80. The van der Waals surface area contributed by atoms with Gasteiger partial charge < -0.3 is 10.6 Å². The van der Waals surface area contributed by atoms with Gasteiger partial charge in [-0.25, -0.2) is 0 Å². The van der Waals surface area contributed by atoms with Crippen LogP contribution in [0.15, 0.2) is 54.7 Å². The fraction of sp³-hybridized carbons (Fsp3) is 0.227. The summed E-state index contributed by atoms with van der Waals surface area (Å²) in [5, 5.41) is 15.3. The highest BCUT2D eigenvalue weighted by Gasteiger charge is 2.26. The van der Waals surface area contributed by atoms with Gasteiger partial charge in [0.05, 0.1) is 17.3 Å². The van der Waals surface area contributed by atoms with Crippen LogP contribution in [0.1, 0.15) is 31.4 Å². The summed E-state index contributed by atoms with van der Waals surface area (Å²) in [6.07, 6.45) is 3.78. The molecular weight excluding hydrogens is 350 g/mol. The first-order chi connectivity index (χ1) is 13.5. The number of carbonyl (C=O) groups excluding carboxylic acids is 1. The lowest BCUT2D eigenvalue weighted by atomic mass is 9.94. The maximum atomic E-state index is 11.8. The number of H-pyrrole nitrogens is 1. The second-order valence-electron chi connectivity index (χ2n) is 6.82. The van der Waals surface area contributed by atoms with Crippen LogP contribution in [0.4, 0.5) is 11.4 Å². The molecule has 6 heteroatoms. The monoisotopic (exact) mass is 373 g/mol. The smallest absolute Gasteiger partial charge is 0.224 e. The van der Waals surface area contributed by atoms with Crippen LogP contribution in [-0.2, 0) is 11.2 Å². The van der Waals surface area contributed by atoms with Gasteiger partial charge in [0.15, 0.2) is 0 Å². The van der Waals surface area contributed by atoms with Crippen molar-refractivity contribution in [1.29, 1.82) is 5.26 Å². The molecule has 6 nitrogen and oxygen atoms in total. The highest BCUT2D eigenvalue weighted by molar-refractivity contribution is 5.93. The van der Waals surface area contributed by atoms with Crippen LogP contribution in [0.25, 0.3) is 11.3 Å². The number of aromatic nitrogens is 2. The first-order valence-electron chi connectivity index (χ1n) is 9.17. The van der Waals surface area contributed by atoms with Crippen LogP contribution < -0.4 is 10.6 Å². The Bertz CT molecular complexity index is 987. The van der Waals surface area contributed by atoms with Gasteiger partial charge >= 0.3 is 0 Å². The third-order valence-electron chi connectivity index (χ3n) is 4.80. The zero-order chi connectivity index (χ0) is 20.1. The van der Waals surface area contributed by atoms with E-state index in [1.807, 2.05) is 29.2 Å². The zero-order valence-corrected chi connectivity index (χ0v) is 16.0. The summed E-state index contributed by atoms with van der Waals surface area (Å²) >= 11 is 0. The Labute approximate surface area is 164 Å². The molecule has 142 valence electrons. The topological polar surface area (TPSA) is 98.8 Å². The summed E-state index contributed by atoms with van der Waals surface area (Å²) in [5.41, 5.74) is 11.1. The number of anilines is 2. The Kier molecular flexibility index (Phi) is 5.75. The highest BCUT2D eigenvalue weighted by atomic mass is 16.2. The molecule has 28 heavy (non-hydrogen) atoms. The van der Waals surface area contributed by atoms with Gasteiger partial charge in [0.25, 0.3) is 0 Å². The van der Waals surface area contributed by atoms with Crippen LogP contribution in [0.2, 0.25) is 0 Å². The van der Waals surface area contributed by atoms with Crippen LogP contribution in [0, 0.1) is 11.3 Å². The predicted octanol–water partition coefficient (Wildman–Crippen LogP) is 3.90. The summed E-state index contributed by atoms with van der Waals surface area (Å²) in [7, 11) is 0. The number of amides is 1. The van der Waals surface area contributed by atoms with Gasteiger partial charge in [0, 0.05) is 30.5 Å². The second-order valence-corrected chi connectivity index (χ2v) is 6.82. The molecule has 0 saturated carbocycles. The third kappa shape index (κ3) is 4.21. The summed E-state index contributed by atoms with van der Waals surface area (Å²) in [6, 6.07) is 17.3. The molecule has 0 unspecified atom stereocenters. The lowest BCUT2D eigenvalue weighted by Crippen LogP contribution is -2.40. The fourth-order valence-corrected chi connectivity index (χ4v) is 3.37. The quantitative estimate of drug-likeness (QED) is 0.632. The van der Waals surface area contributed by atoms with E-state index in [0.717, 1.165) is 29.8 Å². The van der Waals surface area contributed by atoms with Gasteiger partial charge in [-0.05, 0) is 73.4 Å². The summed E-state index contributed by atoms with van der Waals surface area (Å²) < 4.78 is 0. The Morgan fingerprint density at radius 3 is 2.61 bits per heavy atom. The molecule has 2 aromatic carbocycles. The number of carbonyl (C=O) groups is 1. The van der Waals surface area contributed by atoms with Crippen molar-refractivity contribution in [3.05, 3.63) is 65.9 Å². The molecule has 0 saturated heterocycles. The second kappa shape index (κ2) is 8.40. The van der Waals surface area contributed by atoms with E-state index in [-0.39, 0.29) is 11.9 Å². The van der Waals surface area contributed by atoms with Crippen molar-refractivity contribution in [2.45, 2.75) is 32.7 Å². The first-order valence-corrected chi connectivity index (χ1v) is 9.17. The van der Waals surface area contributed by atoms with Gasteiger partial charge in [-0.3, -0.25) is 9.89 Å². The molecule has 3 N–H and O–H groups in total. The van der Waals surface area contributed by atoms with Crippen molar-refractivity contribution >= 4 is 17.3 Å². The average molecular weight is 373 g/mol. The first kappa shape index (κ1) is 19.2. The minimum atomic E-state index is 0.114. The number of aryl methyl sites for hydroxylation is 1. The number of nitrogens with zero attached hydrogens (tertiary/aromatic N) is 3. The Hall–Kier alpha value is -3.59. The number of hydrogen-bond acceptors (Lipinski definition) is 4. The van der Waals surface area contributed by atoms with Gasteiger partial charge in [-0.15, -0.1) is 0 Å². The number of benzene rings is 2. The Balaban J connectivity index is 0.000000211. The summed E-state index contributed by atoms with van der Waals surface area (Å²) in [4.78, 5) is 13.7. The number of nitrogens with two attached hydrogens (primary N) is 1. The number of nitrogens with one attached hydrogen (secondary N) is 1. The predicted molar refractivity (Wildman–Crippen MR) is 111 cm³/mol. The van der Waals surface area contributed by atoms with E-state index in [0.29, 0.717) is 11.3 Å². The number of aromatic amines is 1. The molecule has 1 aromatic heterocycles. The number of nitriles is 1. The number of rotatable bonds is 1. The Morgan fingerprint density at radius 2 is 2.00 bits per heavy atom. The zero-order valence-electron chi connectivity index (χ0n) is 16.0. The molecule has 2 heterocycles. The maximum absolute atomic E-state index is 11.8. The van der Waals surface area contributed by atoms with Crippen molar-refractivity contribution < 1.29 is 4.79 Å². The van der Waals surface area contributed by atoms with Gasteiger partial charge in [-0.1, -0.05) is 6.07 Å². The van der Waals surface area contributed by atoms with Crippen molar-refractivity contribution in [3.63, 3.8) is 0 Å². The minimum Gasteiger partial charge on any atom is -0.399 e. The van der Waals surface area contributed by atoms with E-state index in [4.69, 9.17) is 11.0 Å². The number of nitrogen functional groups attached to an aromatic ring is 1. The lowest BCUT2D eigenvalue weighted by Gasteiger charge is -2.34. The normalized spacial score (nSPS) is 15.0. The van der Waals surface area contributed by atoms with E-state index < -0.39 is 0 Å². The van der Waals surface area contributed by atoms with E-state index in [1.165, 1.54) is 5.56 Å². The average Bonchev–Trinajstić information content (AvgIpc) is 3.23. The van der Waals surface area contributed by atoms with Crippen molar-refractivity contribution in [1.82, 2.24) is 10.2 Å². The van der Waals surface area contributed by atoms with Crippen LogP contribution in [0.5, 0.6) is 0 Å². The van der Waals surface area contributed by atoms with E-state index >= 15 is 0 Å². The number of fused-ring (bicyclic) bond motifs is 1. The van der Waals surface area contributed by atoms with Crippen molar-refractivity contribution in [3.8, 4) is 17.3 Å². The van der Waals surface area contributed by atoms with Crippen LogP contribution >= 0.6 is 0 Å². The van der Waals surface area contributed by atoms with E-state index in [9.17, 15) is 4.79 Å². The Morgan fingerprint density at radius 1 is 1.25 bits per heavy atom. The molecule has 0 radical (unpaired) electrons. The van der Waals surface area contributed by atoms with Gasteiger partial charge in [0.1, 0.15) is 0 Å². The molecule has 1 atom stereocenters. The molecule has 0 aliphatic carbocycles. The van der Waals surface area contributed by atoms with Crippen LogP contribution in [0.3, 0.4) is 0 Å². The lowest BCUT2D eigenvalue weighted by molar-refractivity contribution is -0.117. The molecule has 3 aromatic rings. The molecule has 0 spiro atoms. The summed E-state index contributed by atoms with van der Waals surface area (Å²) in [5.74, 6) is 0.114. The molecular formula is C22H23N5O.